The van der Waals surface area contributed by atoms with Crippen molar-refractivity contribution in [1.82, 2.24) is 29.1 Å². The van der Waals surface area contributed by atoms with Crippen LogP contribution in [0.25, 0.3) is 166 Å². The first-order valence-corrected chi connectivity index (χ1v) is 29.6. The lowest BCUT2D eigenvalue weighted by atomic mass is 9.93. The van der Waals surface area contributed by atoms with Crippen LogP contribution in [-0.4, -0.2) is 40.6 Å². The van der Waals surface area contributed by atoms with E-state index in [1.165, 1.54) is 0 Å². The van der Waals surface area contributed by atoms with Crippen LogP contribution in [0.15, 0.2) is 267 Å². The third-order valence-electron chi connectivity index (χ3n) is 18.4. The summed E-state index contributed by atoms with van der Waals surface area (Å²) in [4.78, 5) is 51.7. The lowest BCUT2D eigenvalue weighted by Gasteiger charge is -2.15. The predicted octanol–water partition coefficient (Wildman–Crippen LogP) is 19.2. The summed E-state index contributed by atoms with van der Waals surface area (Å²) in [6.45, 7) is 0. The maximum Gasteiger partial charge on any atom is 0.235 e. The average molecular weight is 1120 g/mol. The molecule has 2 aliphatic carbocycles. The number of carbonyl (C=O) groups excluding carboxylic acids is 2. The Morgan fingerprint density at radius 2 is 0.807 bits per heavy atom. The maximum absolute atomic E-state index is 15.3. The number of rotatable bonds is 6. The van der Waals surface area contributed by atoms with Gasteiger partial charge in [-0.15, -0.1) is 0 Å². The molecule has 88 heavy (non-hydrogen) atoms. The van der Waals surface area contributed by atoms with Crippen LogP contribution in [0.1, 0.15) is 31.8 Å². The fourth-order valence-electron chi connectivity index (χ4n) is 14.4. The van der Waals surface area contributed by atoms with Gasteiger partial charge in [0.15, 0.2) is 11.6 Å². The van der Waals surface area contributed by atoms with Gasteiger partial charge >= 0.3 is 0 Å². The minimum atomic E-state index is -0.0392. The van der Waals surface area contributed by atoms with Crippen molar-refractivity contribution in [3.8, 4) is 78.9 Å². The largest absolute Gasteiger partial charge is 0.289 e. The first-order valence-electron chi connectivity index (χ1n) is 29.6. The zero-order valence-electron chi connectivity index (χ0n) is 46.9. The van der Waals surface area contributed by atoms with Gasteiger partial charge in [0.05, 0.1) is 44.5 Å². The van der Waals surface area contributed by atoms with Crippen molar-refractivity contribution in [2.75, 3.05) is 0 Å². The molecule has 8 nitrogen and oxygen atoms in total. The minimum absolute atomic E-state index is 0.0245. The van der Waals surface area contributed by atoms with Gasteiger partial charge in [-0.1, -0.05) is 224 Å². The van der Waals surface area contributed by atoms with E-state index in [2.05, 4.69) is 197 Å². The second-order valence-electron chi connectivity index (χ2n) is 23.1. The molecule has 17 aromatic rings. The minimum Gasteiger partial charge on any atom is -0.289 e. The van der Waals surface area contributed by atoms with Crippen LogP contribution in [0.3, 0.4) is 0 Å². The summed E-state index contributed by atoms with van der Waals surface area (Å²) in [7, 11) is 0. The fourth-order valence-corrected chi connectivity index (χ4v) is 14.4. The zero-order valence-corrected chi connectivity index (χ0v) is 46.9. The molecule has 4 aromatic heterocycles. The van der Waals surface area contributed by atoms with Gasteiger partial charge in [-0.3, -0.25) is 18.7 Å². The van der Waals surface area contributed by atoms with Crippen molar-refractivity contribution in [2.24, 2.45) is 0 Å². The second-order valence-corrected chi connectivity index (χ2v) is 23.1. The molecule has 0 atom stereocenters. The molecule has 0 radical (unpaired) electrons. The molecule has 19 rings (SSSR count). The standard InChI is InChI=1S/C80H44N6O2/c87-77-63-41-50(51-37-40-67-65(42-51)74(48-20-5-2-6-21-48)84-79(82-67)85-68-30-16-14-28-60(68)71-72-70(54-23-9-11-25-56(54)76(71)85)55-24-10-12-26-58(55)78(72)88)36-38-53(63)61-43-62-57-39-35-47-19-7-8-22-52(47)75(57)86(69(62)44-64(61)77)80-81-66-29-15-13-27-59(66)73(83-80)49-33-31-46(32-34-49)45-17-3-1-4-18-45/h1-44H. The van der Waals surface area contributed by atoms with Crippen LogP contribution in [0.4, 0.5) is 0 Å². The first-order chi connectivity index (χ1) is 43.5. The van der Waals surface area contributed by atoms with Crippen molar-refractivity contribution in [3.63, 3.8) is 0 Å². The highest BCUT2D eigenvalue weighted by Gasteiger charge is 2.35. The van der Waals surface area contributed by atoms with Crippen molar-refractivity contribution in [1.29, 1.82) is 0 Å². The van der Waals surface area contributed by atoms with E-state index in [1.54, 1.807) is 0 Å². The molecule has 0 spiro atoms. The summed E-state index contributed by atoms with van der Waals surface area (Å²) >= 11 is 0. The Morgan fingerprint density at radius 1 is 0.261 bits per heavy atom. The van der Waals surface area contributed by atoms with Crippen LogP contribution in [0.5, 0.6) is 0 Å². The fraction of sp³-hybridized carbons (Fsp3) is 0. The third-order valence-corrected chi connectivity index (χ3v) is 18.4. The van der Waals surface area contributed by atoms with Gasteiger partial charge in [0.25, 0.3) is 0 Å². The van der Waals surface area contributed by atoms with Gasteiger partial charge in [0.1, 0.15) is 0 Å². The van der Waals surface area contributed by atoms with Crippen molar-refractivity contribution >= 4 is 98.5 Å². The Morgan fingerprint density at radius 3 is 1.60 bits per heavy atom. The van der Waals surface area contributed by atoms with Crippen LogP contribution in [-0.2, 0) is 0 Å². The van der Waals surface area contributed by atoms with Gasteiger partial charge in [0, 0.05) is 82.0 Å². The van der Waals surface area contributed by atoms with Gasteiger partial charge < -0.3 is 0 Å². The van der Waals surface area contributed by atoms with Gasteiger partial charge in [-0.05, 0) is 92.2 Å². The molecule has 0 amide bonds. The monoisotopic (exact) mass is 1120 g/mol. The average Bonchev–Trinajstić information content (AvgIpc) is 1.55. The molecule has 0 aliphatic heterocycles. The Balaban J connectivity index is 0.759. The Hall–Kier alpha value is -12.0. The Bertz CT molecular complexity index is 5960. The molecule has 4 heterocycles. The smallest absolute Gasteiger partial charge is 0.235 e. The summed E-state index contributed by atoms with van der Waals surface area (Å²) < 4.78 is 4.33. The maximum atomic E-state index is 15.3. The van der Waals surface area contributed by atoms with Crippen molar-refractivity contribution in [3.05, 3.63) is 289 Å². The second kappa shape index (κ2) is 18.3. The molecular weight excluding hydrogens is 1080 g/mol. The van der Waals surface area contributed by atoms with Crippen LogP contribution in [0.2, 0.25) is 0 Å². The van der Waals surface area contributed by atoms with E-state index in [9.17, 15) is 4.79 Å². The topological polar surface area (TPSA) is 95.6 Å². The number of para-hydroxylation sites is 2. The number of aromatic nitrogens is 6. The summed E-state index contributed by atoms with van der Waals surface area (Å²) in [5, 5.41) is 9.92. The highest BCUT2D eigenvalue weighted by Crippen LogP contribution is 2.50. The van der Waals surface area contributed by atoms with E-state index in [0.717, 1.165) is 154 Å². The van der Waals surface area contributed by atoms with E-state index in [-0.39, 0.29) is 11.6 Å². The molecule has 0 N–H and O–H groups in total. The molecule has 0 saturated heterocycles. The van der Waals surface area contributed by atoms with Crippen molar-refractivity contribution in [2.45, 2.75) is 0 Å². The number of benzene rings is 13. The molecule has 0 saturated carbocycles. The van der Waals surface area contributed by atoms with Crippen LogP contribution in [0, 0.1) is 0 Å². The Labute approximate surface area is 502 Å². The van der Waals surface area contributed by atoms with E-state index in [0.29, 0.717) is 34.2 Å². The number of carbonyl (C=O) groups is 2. The van der Waals surface area contributed by atoms with Gasteiger partial charge in [0.2, 0.25) is 11.9 Å². The zero-order chi connectivity index (χ0) is 57.9. The quantitative estimate of drug-likeness (QED) is 0.165. The molecule has 2 aliphatic rings. The molecule has 0 bridgehead atoms. The van der Waals surface area contributed by atoms with Crippen LogP contribution >= 0.6 is 0 Å². The number of hydrogen-bond donors (Lipinski definition) is 0. The summed E-state index contributed by atoms with van der Waals surface area (Å²) in [5.41, 5.74) is 19.3. The lowest BCUT2D eigenvalue weighted by molar-refractivity contribution is 0.103. The number of nitrogens with zero attached hydrogens (tertiary/aromatic N) is 6. The molecular formula is C80H44N6O2. The summed E-state index contributed by atoms with van der Waals surface area (Å²) in [6, 6.07) is 91.7. The van der Waals surface area contributed by atoms with Gasteiger partial charge in [-0.2, -0.15) is 0 Å². The first kappa shape index (κ1) is 48.4. The van der Waals surface area contributed by atoms with Crippen molar-refractivity contribution < 1.29 is 9.59 Å². The number of fused-ring (bicyclic) bond motifs is 20. The Kier molecular flexibility index (Phi) is 10.0. The molecule has 406 valence electrons. The predicted molar refractivity (Wildman–Crippen MR) is 356 cm³/mol. The highest BCUT2D eigenvalue weighted by molar-refractivity contribution is 6.37. The summed E-state index contributed by atoms with van der Waals surface area (Å²) in [5.74, 6) is 1.01. The van der Waals surface area contributed by atoms with Gasteiger partial charge in [-0.25, -0.2) is 19.9 Å². The highest BCUT2D eigenvalue weighted by atomic mass is 16.1. The summed E-state index contributed by atoms with van der Waals surface area (Å²) in [6.07, 6.45) is 0. The van der Waals surface area contributed by atoms with E-state index >= 15 is 4.79 Å². The molecule has 13 aromatic carbocycles. The number of hydrogen-bond acceptors (Lipinski definition) is 6. The SMILES string of the molecule is O=C1c2cc(-c3ccc4nc(-n5c6ccccc6c6c7c(c8ccccc8c65)-c5ccccc5C7=O)nc(-c5ccccc5)c4c3)ccc2-c2cc3c4ccc5ccccc5c4n(-c4nc(-c5ccc(-c6ccccc6)cc5)c5ccccc5n4)c3cc21. The van der Waals surface area contributed by atoms with Crippen LogP contribution < -0.4 is 0 Å². The normalized spacial score (nSPS) is 12.6. The van der Waals surface area contributed by atoms with E-state index < -0.39 is 0 Å². The molecule has 0 unspecified atom stereocenters. The van der Waals surface area contributed by atoms with E-state index in [1.807, 2.05) is 78.9 Å². The lowest BCUT2D eigenvalue weighted by Crippen LogP contribution is -2.04. The number of ketones is 2. The molecule has 8 heteroatoms. The third kappa shape index (κ3) is 6.85. The van der Waals surface area contributed by atoms with E-state index in [4.69, 9.17) is 19.9 Å². The molecule has 0 fully saturated rings.